The molecule has 0 saturated heterocycles. The molecular weight excluding hydrogens is 188 g/mol. The van der Waals surface area contributed by atoms with Gasteiger partial charge in [0.15, 0.2) is 0 Å². The van der Waals surface area contributed by atoms with Crippen LogP contribution in [0.4, 0.5) is 0 Å². The van der Waals surface area contributed by atoms with Crippen LogP contribution in [-0.2, 0) is 0 Å². The molecule has 0 fully saturated rings. The SMILES string of the molecule is Cc1ccc(C(N)c2coc(C)c2)cn1. The first-order chi connectivity index (χ1) is 7.16. The standard InChI is InChI=1S/C12H14N2O/c1-8-3-4-10(6-14-8)12(13)11-5-9(2)15-7-11/h3-7,12H,13H2,1-2H3. The van der Waals surface area contributed by atoms with E-state index in [1.807, 2.05) is 38.2 Å². The van der Waals surface area contributed by atoms with Crippen molar-refractivity contribution >= 4 is 0 Å². The average Bonchev–Trinajstić information content (AvgIpc) is 2.65. The minimum Gasteiger partial charge on any atom is -0.469 e. The van der Waals surface area contributed by atoms with E-state index in [-0.39, 0.29) is 6.04 Å². The van der Waals surface area contributed by atoms with E-state index in [0.29, 0.717) is 0 Å². The van der Waals surface area contributed by atoms with Crippen molar-refractivity contribution in [2.75, 3.05) is 0 Å². The second-order valence-corrected chi connectivity index (χ2v) is 3.70. The molecule has 2 N–H and O–H groups in total. The molecular formula is C12H14N2O. The number of rotatable bonds is 2. The van der Waals surface area contributed by atoms with Crippen molar-refractivity contribution in [2.24, 2.45) is 5.73 Å². The van der Waals surface area contributed by atoms with E-state index in [1.54, 1.807) is 6.26 Å². The van der Waals surface area contributed by atoms with Gasteiger partial charge in [0, 0.05) is 17.5 Å². The van der Waals surface area contributed by atoms with Gasteiger partial charge in [0.25, 0.3) is 0 Å². The van der Waals surface area contributed by atoms with Gasteiger partial charge in [-0.15, -0.1) is 0 Å². The topological polar surface area (TPSA) is 52.0 Å². The van der Waals surface area contributed by atoms with Gasteiger partial charge in [0.1, 0.15) is 5.76 Å². The first-order valence-electron chi connectivity index (χ1n) is 4.90. The monoisotopic (exact) mass is 202 g/mol. The van der Waals surface area contributed by atoms with Crippen LogP contribution in [0.5, 0.6) is 0 Å². The maximum Gasteiger partial charge on any atom is 0.101 e. The summed E-state index contributed by atoms with van der Waals surface area (Å²) in [5.74, 6) is 0.875. The Labute approximate surface area is 88.9 Å². The summed E-state index contributed by atoms with van der Waals surface area (Å²) in [6.07, 6.45) is 3.50. The fourth-order valence-electron chi connectivity index (χ4n) is 1.48. The van der Waals surface area contributed by atoms with Crippen LogP contribution in [-0.4, -0.2) is 4.98 Å². The Balaban J connectivity index is 2.28. The first-order valence-corrected chi connectivity index (χ1v) is 4.90. The van der Waals surface area contributed by atoms with Gasteiger partial charge in [0.2, 0.25) is 0 Å². The van der Waals surface area contributed by atoms with Crippen molar-refractivity contribution in [1.29, 1.82) is 0 Å². The van der Waals surface area contributed by atoms with E-state index in [2.05, 4.69) is 4.98 Å². The lowest BCUT2D eigenvalue weighted by molar-refractivity contribution is 0.530. The Kier molecular flexibility index (Phi) is 2.56. The third-order valence-electron chi connectivity index (χ3n) is 2.40. The van der Waals surface area contributed by atoms with Gasteiger partial charge >= 0.3 is 0 Å². The largest absolute Gasteiger partial charge is 0.469 e. The molecule has 0 aliphatic heterocycles. The minimum absolute atomic E-state index is 0.157. The molecule has 2 aromatic heterocycles. The molecule has 3 nitrogen and oxygen atoms in total. The van der Waals surface area contributed by atoms with E-state index in [9.17, 15) is 0 Å². The summed E-state index contributed by atoms with van der Waals surface area (Å²) >= 11 is 0. The van der Waals surface area contributed by atoms with Crippen molar-refractivity contribution in [1.82, 2.24) is 4.98 Å². The predicted octanol–water partition coefficient (Wildman–Crippen LogP) is 2.34. The predicted molar refractivity (Wildman–Crippen MR) is 58.4 cm³/mol. The fourth-order valence-corrected chi connectivity index (χ4v) is 1.48. The molecule has 0 aliphatic rings. The lowest BCUT2D eigenvalue weighted by Crippen LogP contribution is -2.11. The molecule has 0 bridgehead atoms. The third kappa shape index (κ3) is 2.07. The summed E-state index contributed by atoms with van der Waals surface area (Å²) in [6.45, 7) is 3.86. The van der Waals surface area contributed by atoms with Gasteiger partial charge in [-0.3, -0.25) is 4.98 Å². The number of furan rings is 1. The maximum atomic E-state index is 6.08. The zero-order valence-corrected chi connectivity index (χ0v) is 8.90. The van der Waals surface area contributed by atoms with Crippen LogP contribution in [0.15, 0.2) is 35.1 Å². The molecule has 0 saturated carbocycles. The zero-order valence-electron chi connectivity index (χ0n) is 8.90. The number of nitrogens with two attached hydrogens (primary N) is 1. The zero-order chi connectivity index (χ0) is 10.8. The number of aromatic nitrogens is 1. The molecule has 0 amide bonds. The van der Waals surface area contributed by atoms with E-state index in [0.717, 1.165) is 22.6 Å². The van der Waals surface area contributed by atoms with Crippen molar-refractivity contribution in [3.8, 4) is 0 Å². The number of nitrogens with zero attached hydrogens (tertiary/aromatic N) is 1. The Bertz CT molecular complexity index is 445. The summed E-state index contributed by atoms with van der Waals surface area (Å²) in [4.78, 5) is 4.22. The molecule has 2 rings (SSSR count). The maximum absolute atomic E-state index is 6.08. The van der Waals surface area contributed by atoms with Crippen LogP contribution in [0, 0.1) is 13.8 Å². The second kappa shape index (κ2) is 3.87. The van der Waals surface area contributed by atoms with E-state index in [1.165, 1.54) is 0 Å². The molecule has 2 aromatic rings. The van der Waals surface area contributed by atoms with Gasteiger partial charge in [-0.05, 0) is 31.5 Å². The van der Waals surface area contributed by atoms with Crippen LogP contribution >= 0.6 is 0 Å². The molecule has 1 atom stereocenters. The lowest BCUT2D eigenvalue weighted by atomic mass is 10.0. The van der Waals surface area contributed by atoms with Crippen LogP contribution in [0.1, 0.15) is 28.6 Å². The molecule has 0 radical (unpaired) electrons. The van der Waals surface area contributed by atoms with Gasteiger partial charge in [0.05, 0.1) is 12.3 Å². The second-order valence-electron chi connectivity index (χ2n) is 3.70. The molecule has 2 heterocycles. The highest BCUT2D eigenvalue weighted by Crippen LogP contribution is 2.20. The third-order valence-corrected chi connectivity index (χ3v) is 2.40. The lowest BCUT2D eigenvalue weighted by Gasteiger charge is -2.08. The quantitative estimate of drug-likeness (QED) is 0.813. The highest BCUT2D eigenvalue weighted by Gasteiger charge is 2.11. The summed E-state index contributed by atoms with van der Waals surface area (Å²) in [5.41, 5.74) is 9.06. The van der Waals surface area contributed by atoms with Crippen LogP contribution in [0.2, 0.25) is 0 Å². The fraction of sp³-hybridized carbons (Fsp3) is 0.250. The summed E-state index contributed by atoms with van der Waals surface area (Å²) in [5, 5.41) is 0. The van der Waals surface area contributed by atoms with Crippen LogP contribution in [0.3, 0.4) is 0 Å². The molecule has 0 spiro atoms. The summed E-state index contributed by atoms with van der Waals surface area (Å²) in [7, 11) is 0. The summed E-state index contributed by atoms with van der Waals surface area (Å²) < 4.78 is 5.23. The van der Waals surface area contributed by atoms with Crippen molar-refractivity contribution in [3.63, 3.8) is 0 Å². The first kappa shape index (κ1) is 9.93. The van der Waals surface area contributed by atoms with Crippen LogP contribution in [0.25, 0.3) is 0 Å². The van der Waals surface area contributed by atoms with Gasteiger partial charge in [-0.2, -0.15) is 0 Å². The highest BCUT2D eigenvalue weighted by atomic mass is 16.3. The van der Waals surface area contributed by atoms with Gasteiger partial charge < -0.3 is 10.2 Å². The van der Waals surface area contributed by atoms with Crippen LogP contribution < -0.4 is 5.73 Å². The number of pyridine rings is 1. The Morgan fingerprint density at radius 3 is 2.60 bits per heavy atom. The molecule has 3 heteroatoms. The smallest absolute Gasteiger partial charge is 0.101 e. The molecule has 0 aliphatic carbocycles. The van der Waals surface area contributed by atoms with Crippen molar-refractivity contribution in [3.05, 3.63) is 53.2 Å². The average molecular weight is 202 g/mol. The highest BCUT2D eigenvalue weighted by molar-refractivity contribution is 5.28. The Morgan fingerprint density at radius 1 is 1.27 bits per heavy atom. The normalized spacial score (nSPS) is 12.7. The van der Waals surface area contributed by atoms with Gasteiger partial charge in [-0.25, -0.2) is 0 Å². The molecule has 78 valence electrons. The molecule has 15 heavy (non-hydrogen) atoms. The number of aryl methyl sites for hydroxylation is 2. The summed E-state index contributed by atoms with van der Waals surface area (Å²) in [6, 6.07) is 5.75. The van der Waals surface area contributed by atoms with E-state index >= 15 is 0 Å². The van der Waals surface area contributed by atoms with Crippen molar-refractivity contribution < 1.29 is 4.42 Å². The van der Waals surface area contributed by atoms with Crippen molar-refractivity contribution in [2.45, 2.75) is 19.9 Å². The van der Waals surface area contributed by atoms with Gasteiger partial charge in [-0.1, -0.05) is 6.07 Å². The molecule has 0 aromatic carbocycles. The van der Waals surface area contributed by atoms with E-state index < -0.39 is 0 Å². The Morgan fingerprint density at radius 2 is 2.07 bits per heavy atom. The minimum atomic E-state index is -0.157. The molecule has 1 unspecified atom stereocenters. The number of hydrogen-bond acceptors (Lipinski definition) is 3. The van der Waals surface area contributed by atoms with E-state index in [4.69, 9.17) is 10.2 Å². The Hall–Kier alpha value is -1.61. The number of hydrogen-bond donors (Lipinski definition) is 1.